The van der Waals surface area contributed by atoms with Crippen molar-refractivity contribution in [3.8, 4) is 0 Å². The van der Waals surface area contributed by atoms with Crippen molar-refractivity contribution in [3.05, 3.63) is 45.5 Å². The van der Waals surface area contributed by atoms with E-state index in [0.717, 1.165) is 0 Å². The Hall–Kier alpha value is -2.70. The Morgan fingerprint density at radius 3 is 2.73 bits per heavy atom. The number of rotatable bonds is 7. The molecule has 0 radical (unpaired) electrons. The topological polar surface area (TPSA) is 98.5 Å². The summed E-state index contributed by atoms with van der Waals surface area (Å²) in [5.41, 5.74) is 0.367. The second kappa shape index (κ2) is 8.56. The second-order valence-corrected chi connectivity index (χ2v) is 4.43. The molecule has 0 bridgehead atoms. The van der Waals surface area contributed by atoms with Gasteiger partial charge >= 0.3 is 5.97 Å². The lowest BCUT2D eigenvalue weighted by Crippen LogP contribution is -2.20. The fraction of sp³-hybridized carbons (Fsp3) is 0.333. The van der Waals surface area contributed by atoms with Crippen LogP contribution in [0.25, 0.3) is 6.08 Å². The average molecular weight is 306 g/mol. The molecule has 0 aliphatic carbocycles. The number of carbonyl (C=O) groups is 2. The molecular formula is C15H18N2O5. The van der Waals surface area contributed by atoms with E-state index in [1.165, 1.54) is 25.1 Å². The van der Waals surface area contributed by atoms with Gasteiger partial charge in [-0.25, -0.2) is 4.79 Å². The first-order valence-electron chi connectivity index (χ1n) is 6.82. The smallest absolute Gasteiger partial charge is 0.338 e. The number of nitrogens with one attached hydrogen (secondary N) is 1. The Labute approximate surface area is 128 Å². The van der Waals surface area contributed by atoms with Crippen molar-refractivity contribution < 1.29 is 19.2 Å². The molecule has 0 atom stereocenters. The van der Waals surface area contributed by atoms with Gasteiger partial charge < -0.3 is 10.1 Å². The molecule has 1 rings (SSSR count). The van der Waals surface area contributed by atoms with Crippen LogP contribution < -0.4 is 5.32 Å². The van der Waals surface area contributed by atoms with E-state index >= 15 is 0 Å². The summed E-state index contributed by atoms with van der Waals surface area (Å²) in [6, 6.07) is 4.18. The molecule has 0 saturated carbocycles. The van der Waals surface area contributed by atoms with Gasteiger partial charge in [-0.15, -0.1) is 0 Å². The summed E-state index contributed by atoms with van der Waals surface area (Å²) in [7, 11) is 0. The van der Waals surface area contributed by atoms with Gasteiger partial charge in [0.2, 0.25) is 5.91 Å². The lowest BCUT2D eigenvalue weighted by Gasteiger charge is -2.03. The van der Waals surface area contributed by atoms with Gasteiger partial charge in [-0.05, 0) is 25.5 Å². The number of hydrogen-bond donors (Lipinski definition) is 1. The highest BCUT2D eigenvalue weighted by Gasteiger charge is 2.16. The molecule has 0 fully saturated rings. The van der Waals surface area contributed by atoms with Gasteiger partial charge in [0.15, 0.2) is 0 Å². The minimum atomic E-state index is -0.591. The van der Waals surface area contributed by atoms with E-state index in [1.54, 1.807) is 19.1 Å². The maximum atomic E-state index is 11.6. The summed E-state index contributed by atoms with van der Waals surface area (Å²) < 4.78 is 4.82. The molecule has 0 unspecified atom stereocenters. The number of ether oxygens (including phenoxy) is 1. The van der Waals surface area contributed by atoms with Crippen molar-refractivity contribution in [2.75, 3.05) is 13.2 Å². The summed E-state index contributed by atoms with van der Waals surface area (Å²) in [5, 5.41) is 13.7. The molecular weight excluding hydrogens is 288 g/mol. The van der Waals surface area contributed by atoms with Gasteiger partial charge in [-0.1, -0.05) is 12.2 Å². The third-order valence-corrected chi connectivity index (χ3v) is 2.72. The highest BCUT2D eigenvalue weighted by atomic mass is 16.6. The molecule has 0 saturated heterocycles. The predicted molar refractivity (Wildman–Crippen MR) is 81.4 cm³/mol. The van der Waals surface area contributed by atoms with E-state index in [0.29, 0.717) is 18.5 Å². The minimum absolute atomic E-state index is 0.127. The zero-order valence-electron chi connectivity index (χ0n) is 12.5. The maximum Gasteiger partial charge on any atom is 0.338 e. The average Bonchev–Trinajstić information content (AvgIpc) is 2.46. The number of hydrogen-bond acceptors (Lipinski definition) is 5. The molecule has 1 aromatic carbocycles. The normalized spacial score (nSPS) is 10.5. The lowest BCUT2D eigenvalue weighted by atomic mass is 10.1. The Balaban J connectivity index is 2.86. The standard InChI is InChI=1S/C15H18N2O5/c1-3-22-15(19)13-8-7-12(14(10-13)17(20)21)6-4-5-9-16-11(2)18/h4,6-8,10H,3,5,9H2,1-2H3,(H,16,18). The second-order valence-electron chi connectivity index (χ2n) is 4.43. The first-order valence-corrected chi connectivity index (χ1v) is 6.82. The zero-order chi connectivity index (χ0) is 16.5. The van der Waals surface area contributed by atoms with Crippen LogP contribution in [-0.2, 0) is 9.53 Å². The van der Waals surface area contributed by atoms with Gasteiger partial charge in [0.1, 0.15) is 0 Å². The molecule has 0 heterocycles. The van der Waals surface area contributed by atoms with Crippen LogP contribution >= 0.6 is 0 Å². The fourth-order valence-electron chi connectivity index (χ4n) is 1.73. The van der Waals surface area contributed by atoms with E-state index in [1.807, 2.05) is 0 Å². The monoisotopic (exact) mass is 306 g/mol. The molecule has 1 N–H and O–H groups in total. The first kappa shape index (κ1) is 17.4. The molecule has 1 amide bonds. The first-order chi connectivity index (χ1) is 10.5. The molecule has 7 heteroatoms. The molecule has 22 heavy (non-hydrogen) atoms. The summed E-state index contributed by atoms with van der Waals surface area (Å²) >= 11 is 0. The van der Waals surface area contributed by atoms with Gasteiger partial charge in [0.05, 0.1) is 22.7 Å². The van der Waals surface area contributed by atoms with Crippen molar-refractivity contribution in [2.45, 2.75) is 20.3 Å². The van der Waals surface area contributed by atoms with Crippen LogP contribution in [0.15, 0.2) is 24.3 Å². The molecule has 0 aliphatic rings. The van der Waals surface area contributed by atoms with Crippen molar-refractivity contribution in [2.24, 2.45) is 0 Å². The van der Waals surface area contributed by atoms with E-state index in [4.69, 9.17) is 4.74 Å². The van der Waals surface area contributed by atoms with Gasteiger partial charge in [0, 0.05) is 19.5 Å². The molecule has 0 spiro atoms. The summed E-state index contributed by atoms with van der Waals surface area (Å²) in [6.07, 6.45) is 3.87. The van der Waals surface area contributed by atoms with Crippen LogP contribution in [0.5, 0.6) is 0 Å². The fourth-order valence-corrected chi connectivity index (χ4v) is 1.73. The number of benzene rings is 1. The van der Waals surface area contributed by atoms with E-state index in [9.17, 15) is 19.7 Å². The minimum Gasteiger partial charge on any atom is -0.462 e. The number of nitro benzene ring substituents is 1. The SMILES string of the molecule is CCOC(=O)c1ccc(C=CCCNC(C)=O)c([N+](=O)[O-])c1. The Morgan fingerprint density at radius 1 is 1.41 bits per heavy atom. The molecule has 7 nitrogen and oxygen atoms in total. The van der Waals surface area contributed by atoms with Crippen molar-refractivity contribution >= 4 is 23.6 Å². The molecule has 118 valence electrons. The van der Waals surface area contributed by atoms with Crippen LogP contribution in [0.3, 0.4) is 0 Å². The van der Waals surface area contributed by atoms with Gasteiger partial charge in [0.25, 0.3) is 5.69 Å². The van der Waals surface area contributed by atoms with E-state index in [2.05, 4.69) is 5.32 Å². The largest absolute Gasteiger partial charge is 0.462 e. The molecule has 1 aromatic rings. The van der Waals surface area contributed by atoms with Gasteiger partial charge in [-0.2, -0.15) is 0 Å². The van der Waals surface area contributed by atoms with Crippen molar-refractivity contribution in [1.82, 2.24) is 5.32 Å². The number of carbonyl (C=O) groups excluding carboxylic acids is 2. The molecule has 0 aliphatic heterocycles. The lowest BCUT2D eigenvalue weighted by molar-refractivity contribution is -0.385. The van der Waals surface area contributed by atoms with Crippen LogP contribution in [0.4, 0.5) is 5.69 Å². The van der Waals surface area contributed by atoms with Crippen LogP contribution in [0.2, 0.25) is 0 Å². The Morgan fingerprint density at radius 2 is 2.14 bits per heavy atom. The highest BCUT2D eigenvalue weighted by Crippen LogP contribution is 2.22. The van der Waals surface area contributed by atoms with Crippen molar-refractivity contribution in [1.29, 1.82) is 0 Å². The zero-order valence-corrected chi connectivity index (χ0v) is 12.5. The van der Waals surface area contributed by atoms with Crippen LogP contribution in [-0.4, -0.2) is 30.0 Å². The van der Waals surface area contributed by atoms with Crippen molar-refractivity contribution in [3.63, 3.8) is 0 Å². The Kier molecular flexibility index (Phi) is 6.75. The quantitative estimate of drug-likeness (QED) is 0.361. The summed E-state index contributed by atoms with van der Waals surface area (Å²) in [6.45, 7) is 3.75. The van der Waals surface area contributed by atoms with Gasteiger partial charge in [-0.3, -0.25) is 14.9 Å². The number of nitrogens with zero attached hydrogens (tertiary/aromatic N) is 1. The van der Waals surface area contributed by atoms with E-state index in [-0.39, 0.29) is 23.8 Å². The van der Waals surface area contributed by atoms with Crippen LogP contribution in [0.1, 0.15) is 36.2 Å². The summed E-state index contributed by atoms with van der Waals surface area (Å²) in [5.74, 6) is -0.718. The third-order valence-electron chi connectivity index (χ3n) is 2.72. The molecule has 0 aromatic heterocycles. The predicted octanol–water partition coefficient (Wildman–Crippen LogP) is 2.31. The Bertz CT molecular complexity index is 596. The third kappa shape index (κ3) is 5.35. The highest BCUT2D eigenvalue weighted by molar-refractivity contribution is 5.90. The maximum absolute atomic E-state index is 11.6. The van der Waals surface area contributed by atoms with Crippen LogP contribution in [0, 0.1) is 10.1 Å². The summed E-state index contributed by atoms with van der Waals surface area (Å²) in [4.78, 5) is 32.8. The number of esters is 1. The van der Waals surface area contributed by atoms with E-state index < -0.39 is 10.9 Å². The number of amides is 1. The number of nitro groups is 1.